The number of Topliss-reactive ketones (excluding diaryl/α,β-unsaturated/α-hetero) is 1. The predicted octanol–water partition coefficient (Wildman–Crippen LogP) is 4.09. The van der Waals surface area contributed by atoms with E-state index in [4.69, 9.17) is 43.6 Å². The maximum absolute atomic E-state index is 18.1. The molecule has 4 saturated carbocycles. The number of nitrogens with two attached hydrogens (primary N) is 1. The summed E-state index contributed by atoms with van der Waals surface area (Å²) in [6.45, 7) is 12.8. The topological polar surface area (TPSA) is 398 Å². The molecular weight excluding hydrogens is 1380 g/mol. The number of carbonyl (C=O) groups is 9. The maximum atomic E-state index is 18.1. The molecule has 0 aromatic heterocycles. The summed E-state index contributed by atoms with van der Waals surface area (Å²) in [7, 11) is 0. The lowest BCUT2D eigenvalue weighted by atomic mass is 9.44. The lowest BCUT2D eigenvalue weighted by Crippen LogP contribution is -2.71. The number of aliphatic hydroxyl groups is 3. The highest BCUT2D eigenvalue weighted by Crippen LogP contribution is 2.72. The van der Waals surface area contributed by atoms with Gasteiger partial charge in [-0.25, -0.2) is 18.4 Å². The van der Waals surface area contributed by atoms with Crippen LogP contribution in [0.25, 0.3) is 0 Å². The Bertz CT molecular complexity index is 3300. The summed E-state index contributed by atoms with van der Waals surface area (Å²) in [4.78, 5) is 121. The summed E-state index contributed by atoms with van der Waals surface area (Å²) in [5, 5.41) is 50.5. The molecule has 106 heavy (non-hydrogen) atoms. The first-order chi connectivity index (χ1) is 50.6. The second-order valence-corrected chi connectivity index (χ2v) is 30.1. The number of rotatable bonds is 43. The minimum Gasteiger partial charge on any atom is -0.456 e. The number of ether oxygens (including phenoxy) is 8. The summed E-state index contributed by atoms with van der Waals surface area (Å²) < 4.78 is 80.6. The fourth-order valence-corrected chi connectivity index (χ4v) is 16.5. The van der Waals surface area contributed by atoms with Crippen molar-refractivity contribution in [2.24, 2.45) is 58.0 Å². The van der Waals surface area contributed by atoms with Crippen molar-refractivity contribution in [3.63, 3.8) is 0 Å². The van der Waals surface area contributed by atoms with E-state index in [1.807, 2.05) is 6.92 Å². The van der Waals surface area contributed by atoms with Crippen LogP contribution in [-0.2, 0) is 82.9 Å². The minimum absolute atomic E-state index is 0.0152. The molecule has 1 heterocycles. The lowest BCUT2D eigenvalue weighted by molar-refractivity contribution is -0.235. The van der Waals surface area contributed by atoms with E-state index in [0.29, 0.717) is 70.3 Å². The van der Waals surface area contributed by atoms with Gasteiger partial charge in [0, 0.05) is 54.7 Å². The Labute approximate surface area is 619 Å². The van der Waals surface area contributed by atoms with E-state index in [2.05, 4.69) is 49.1 Å². The molecule has 6 amide bonds. The van der Waals surface area contributed by atoms with Crippen molar-refractivity contribution in [1.29, 1.82) is 0 Å². The molecule has 6 aliphatic carbocycles. The minimum atomic E-state index is -2.44. The molecule has 590 valence electrons. The zero-order valence-electron chi connectivity index (χ0n) is 62.2. The fraction of sp³-hybridized carbons (Fsp3) is 0.724. The molecule has 5 fully saturated rings. The summed E-state index contributed by atoms with van der Waals surface area (Å²) in [6.07, 6.45) is 2.10. The first-order valence-corrected chi connectivity index (χ1v) is 37.6. The van der Waals surface area contributed by atoms with E-state index in [1.165, 1.54) is 43.3 Å². The maximum Gasteiger partial charge on any atom is 0.408 e. The van der Waals surface area contributed by atoms with Gasteiger partial charge in [-0.2, -0.15) is 0 Å². The van der Waals surface area contributed by atoms with Crippen LogP contribution >= 0.6 is 0 Å². The number of benzene rings is 1. The molecule has 18 atom stereocenters. The van der Waals surface area contributed by atoms with Crippen LogP contribution in [0.3, 0.4) is 0 Å². The summed E-state index contributed by atoms with van der Waals surface area (Å²) in [6, 6.07) is 0.868. The van der Waals surface area contributed by atoms with Gasteiger partial charge in [0.05, 0.1) is 71.7 Å². The molecule has 3 unspecified atom stereocenters. The van der Waals surface area contributed by atoms with Crippen LogP contribution in [0.4, 0.5) is 19.3 Å². The average Bonchev–Trinajstić information content (AvgIpc) is 1.34. The molecule has 8 rings (SSSR count). The van der Waals surface area contributed by atoms with Crippen LogP contribution in [0, 0.1) is 64.1 Å². The Morgan fingerprint density at radius 1 is 0.764 bits per heavy atom. The molecule has 1 aromatic rings. The number of fused-ring (bicyclic) bond motifs is 8. The third-order valence-electron chi connectivity index (χ3n) is 22.0. The SMILES string of the molecule is CCCC1O[C@@H]2C[C@H]3[C@@H]4C[C@H](F)C5=CC(=O)C=C[C@]5(C)[C@@]4(F)[C@@H](O)C[C@]3(C)[C@]2(C(=O)COC(=O)[C@H](CC(C)C)NC(=O)[C@H](CO)NC(=O)OCc2ccc(NC(=O)[C@H](CCCNC(N)O)NC(=O)[C@@H](NC(=O)CCOCCOCCOCCOCCNC(=O)CCC3[C@H]4CCC#CCC[C@@H]34)C(C)C)cc2)O1. The predicted molar refractivity (Wildman–Crippen MR) is 381 cm³/mol. The van der Waals surface area contributed by atoms with Gasteiger partial charge in [0.15, 0.2) is 36.3 Å². The van der Waals surface area contributed by atoms with Crippen molar-refractivity contribution >= 4 is 58.9 Å². The van der Waals surface area contributed by atoms with Gasteiger partial charge < -0.3 is 85.1 Å². The monoisotopic (exact) mass is 1490 g/mol. The number of amides is 6. The molecule has 0 radical (unpaired) electrons. The third kappa shape index (κ3) is 21.3. The van der Waals surface area contributed by atoms with Crippen molar-refractivity contribution in [1.82, 2.24) is 31.9 Å². The van der Waals surface area contributed by atoms with Crippen LogP contribution in [0.15, 0.2) is 48.1 Å². The number of anilines is 1. The van der Waals surface area contributed by atoms with Gasteiger partial charge in [-0.1, -0.05) is 66.2 Å². The van der Waals surface area contributed by atoms with Crippen molar-refractivity contribution < 1.29 is 105 Å². The van der Waals surface area contributed by atoms with Gasteiger partial charge in [0.2, 0.25) is 35.3 Å². The number of ketones is 2. The lowest BCUT2D eigenvalue weighted by Gasteiger charge is -2.63. The second kappa shape index (κ2) is 39.5. The number of alkyl halides is 2. The van der Waals surface area contributed by atoms with Crippen molar-refractivity contribution in [3.05, 3.63) is 53.6 Å². The molecule has 28 nitrogen and oxygen atoms in total. The number of allylic oxidation sites excluding steroid dienone is 4. The van der Waals surface area contributed by atoms with E-state index in [0.717, 1.165) is 50.0 Å². The van der Waals surface area contributed by atoms with E-state index >= 15 is 8.78 Å². The third-order valence-corrected chi connectivity index (χ3v) is 22.0. The van der Waals surface area contributed by atoms with E-state index < -0.39 is 156 Å². The zero-order chi connectivity index (χ0) is 76.9. The first kappa shape index (κ1) is 84.7. The normalized spacial score (nSPS) is 28.9. The van der Waals surface area contributed by atoms with Gasteiger partial charge in [-0.05, 0) is 149 Å². The summed E-state index contributed by atoms with van der Waals surface area (Å²) in [5.41, 5.74) is -1.27. The number of hydrogen-bond donors (Lipinski definition) is 11. The number of carbonyl (C=O) groups excluding carboxylic acids is 9. The molecule has 30 heteroatoms. The van der Waals surface area contributed by atoms with Crippen LogP contribution in [0.2, 0.25) is 0 Å². The number of alkyl carbamates (subject to hydrolysis) is 1. The molecule has 0 spiro atoms. The first-order valence-electron chi connectivity index (χ1n) is 37.6. The molecule has 1 aromatic carbocycles. The molecule has 7 aliphatic rings. The highest BCUT2D eigenvalue weighted by atomic mass is 19.1. The Balaban J connectivity index is 0.735. The van der Waals surface area contributed by atoms with Gasteiger partial charge >= 0.3 is 12.1 Å². The number of hydrogen-bond acceptors (Lipinski definition) is 22. The fourth-order valence-electron chi connectivity index (χ4n) is 16.5. The van der Waals surface area contributed by atoms with Gasteiger partial charge in [0.25, 0.3) is 0 Å². The van der Waals surface area contributed by atoms with E-state index in [-0.39, 0.29) is 101 Å². The van der Waals surface area contributed by atoms with E-state index in [9.17, 15) is 58.5 Å². The standard InChI is InChI=1S/C76H112F2N8O20/c1-8-14-65-105-62-40-53-54-39-56(77)55-38-49(88)24-26-73(55,6)75(54,78)60(89)41-74(53,7)76(62,106-65)61(90)44-103-70(96)58(37-45(2)3)84-68(94)59(42-87)85-72(98)104-43-47-18-20-48(21-19-47)82-67(93)57(17-13-27-81-71(79)97)83-69(95)66(46(4)5)86-64(92)25-29-99-31-33-101-35-36-102-34-32-100-30-28-80-63(91)23-22-52-50-15-11-9-10-12-16-51(50)52/h18-21,24,26,38,45-46,50-54,56-60,62,65-66,71,81,87,89,97H,8,11-17,22-23,25,27-37,39-44,79H2,1-7H3,(H,80,91)(H,82,93)(H,83,95)(H,84,94)(H,85,98)(H,86,92)/t50-,51+,52?,53-,54-,56-,57-,58-,59-,60-,62+,65?,66-,71?,73-,74-,75-,76+/m0/s1. The van der Waals surface area contributed by atoms with Crippen molar-refractivity contribution in [2.45, 2.75) is 218 Å². The zero-order valence-corrected chi connectivity index (χ0v) is 62.2. The number of nitrogens with one attached hydrogen (secondary N) is 7. The Hall–Kier alpha value is -6.89. The summed E-state index contributed by atoms with van der Waals surface area (Å²) in [5.74, 6) is 1.08. The highest BCUT2D eigenvalue weighted by molar-refractivity contribution is 6.02. The molecule has 0 bridgehead atoms. The van der Waals surface area contributed by atoms with Crippen LogP contribution in [0.1, 0.15) is 150 Å². The molecule has 1 saturated heterocycles. The van der Waals surface area contributed by atoms with Crippen LogP contribution in [0.5, 0.6) is 0 Å². The van der Waals surface area contributed by atoms with E-state index in [1.54, 1.807) is 34.6 Å². The second-order valence-electron chi connectivity index (χ2n) is 30.1. The molecular formula is C76H112F2N8O20. The van der Waals surface area contributed by atoms with Gasteiger partial charge in [-0.3, -0.25) is 44.6 Å². The molecule has 1 aliphatic heterocycles. The quantitative estimate of drug-likeness (QED) is 0.0190. The highest BCUT2D eigenvalue weighted by Gasteiger charge is 2.80. The van der Waals surface area contributed by atoms with Crippen LogP contribution < -0.4 is 43.0 Å². The Kier molecular flexibility index (Phi) is 31.5. The average molecular weight is 1500 g/mol. The smallest absolute Gasteiger partial charge is 0.408 e. The number of halogens is 2. The van der Waals surface area contributed by atoms with Crippen LogP contribution in [-0.4, -0.2) is 214 Å². The summed E-state index contributed by atoms with van der Waals surface area (Å²) >= 11 is 0. The van der Waals surface area contributed by atoms with Crippen molar-refractivity contribution in [2.75, 3.05) is 84.5 Å². The Morgan fingerprint density at radius 3 is 2.05 bits per heavy atom. The largest absolute Gasteiger partial charge is 0.456 e. The van der Waals surface area contributed by atoms with Crippen molar-refractivity contribution in [3.8, 4) is 11.8 Å². The number of esters is 1. The molecule has 12 N–H and O–H groups in total. The van der Waals surface area contributed by atoms with Gasteiger partial charge in [0.1, 0.15) is 36.9 Å². The Morgan fingerprint density at radius 2 is 1.42 bits per heavy atom. The van der Waals surface area contributed by atoms with Gasteiger partial charge in [-0.15, -0.1) is 11.8 Å². The number of aliphatic hydroxyl groups excluding tert-OH is 3.